The van der Waals surface area contributed by atoms with E-state index in [2.05, 4.69) is 60.2 Å². The molecular weight excluding hydrogens is 830 g/mol. The van der Waals surface area contributed by atoms with Gasteiger partial charge >= 0.3 is 5.97 Å². The number of carbonyl (C=O) groups is 1. The van der Waals surface area contributed by atoms with Gasteiger partial charge in [0, 0.05) is 59.9 Å². The predicted molar refractivity (Wildman–Crippen MR) is 220 cm³/mol. The maximum atomic E-state index is 16.1. The van der Waals surface area contributed by atoms with Gasteiger partial charge in [-0.25, -0.2) is 18.4 Å². The van der Waals surface area contributed by atoms with Gasteiger partial charge in [0.05, 0.1) is 33.9 Å². The number of hydrogen-bond acceptors (Lipinski definition) is 7. The second kappa shape index (κ2) is 16.4. The number of esters is 1. The second-order valence-electron chi connectivity index (χ2n) is 14.6. The van der Waals surface area contributed by atoms with Crippen LogP contribution in [0.1, 0.15) is 76.4 Å². The number of halogens is 3. The average Bonchev–Trinajstić information content (AvgIpc) is 3.71. The lowest BCUT2D eigenvalue weighted by atomic mass is 9.75. The first-order valence-corrected chi connectivity index (χ1v) is 23.0. The third-order valence-corrected chi connectivity index (χ3v) is 14.4. The van der Waals surface area contributed by atoms with E-state index in [1.807, 2.05) is 47.9 Å². The summed E-state index contributed by atoms with van der Waals surface area (Å²) >= 11 is 5.47. The monoisotopic (exact) mass is 874 g/mol. The van der Waals surface area contributed by atoms with E-state index in [1.54, 1.807) is 29.9 Å². The molecule has 6 rings (SSSR count). The number of hydrogen-bond donors (Lipinski definition) is 0. The number of thioether (sulfide) groups is 1. The Bertz CT molecular complexity index is 2080. The summed E-state index contributed by atoms with van der Waals surface area (Å²) in [6, 6.07) is 16.9. The first-order chi connectivity index (χ1) is 24.8. The van der Waals surface area contributed by atoms with E-state index in [1.165, 1.54) is 26.9 Å². The molecule has 5 aromatic rings. The van der Waals surface area contributed by atoms with Crippen molar-refractivity contribution in [3.63, 3.8) is 0 Å². The molecule has 1 aliphatic heterocycles. The molecule has 276 valence electrons. The molecule has 4 bridgehead atoms. The summed E-state index contributed by atoms with van der Waals surface area (Å²) < 4.78 is 40.8. The van der Waals surface area contributed by atoms with Crippen LogP contribution in [0.3, 0.4) is 0 Å². The maximum Gasteiger partial charge on any atom is 0.308 e. The zero-order valence-electron chi connectivity index (χ0n) is 30.5. The van der Waals surface area contributed by atoms with Crippen LogP contribution in [-0.2, 0) is 34.8 Å². The van der Waals surface area contributed by atoms with Crippen molar-refractivity contribution in [2.75, 3.05) is 18.1 Å². The second-order valence-corrected chi connectivity index (χ2v) is 18.5. The molecule has 2 unspecified atom stereocenters. The van der Waals surface area contributed by atoms with Crippen LogP contribution in [0.25, 0.3) is 22.3 Å². The third-order valence-electron chi connectivity index (χ3n) is 10.0. The van der Waals surface area contributed by atoms with Crippen LogP contribution >= 0.6 is 53.8 Å². The van der Waals surface area contributed by atoms with Crippen molar-refractivity contribution in [1.82, 2.24) is 18.7 Å². The number of carbonyl (C=O) groups excluding carboxylic acids is 1. The summed E-state index contributed by atoms with van der Waals surface area (Å²) in [5.41, 5.74) is 3.73. The van der Waals surface area contributed by atoms with E-state index in [-0.39, 0.29) is 23.1 Å². The van der Waals surface area contributed by atoms with Crippen LogP contribution in [0.4, 0.5) is 8.78 Å². The van der Waals surface area contributed by atoms with Crippen LogP contribution in [0.5, 0.6) is 0 Å². The molecule has 3 aromatic carbocycles. The number of nitrogens with zero attached hydrogens (tertiary/aromatic N) is 4. The fourth-order valence-electron chi connectivity index (χ4n) is 7.07. The molecule has 0 radical (unpaired) electrons. The summed E-state index contributed by atoms with van der Waals surface area (Å²) in [6.45, 7) is 10.9. The van der Waals surface area contributed by atoms with Crippen molar-refractivity contribution in [2.45, 2.75) is 81.9 Å². The summed E-state index contributed by atoms with van der Waals surface area (Å²) in [6.07, 6.45) is 5.98. The van der Waals surface area contributed by atoms with Gasteiger partial charge in [0.15, 0.2) is 11.6 Å². The minimum atomic E-state index is -0.587. The zero-order valence-corrected chi connectivity index (χ0v) is 35.1. The Kier molecular flexibility index (Phi) is 12.4. The van der Waals surface area contributed by atoms with E-state index in [0.29, 0.717) is 35.1 Å². The zero-order chi connectivity index (χ0) is 37.2. The minimum absolute atomic E-state index is 0.0627. The Morgan fingerprint density at radius 3 is 2.67 bits per heavy atom. The van der Waals surface area contributed by atoms with Crippen LogP contribution in [0.2, 0.25) is 0 Å². The molecule has 0 saturated heterocycles. The molecule has 0 amide bonds. The lowest BCUT2D eigenvalue weighted by molar-refractivity contribution is -0.147. The number of ether oxygens (including phenoxy) is 1. The molecule has 0 saturated carbocycles. The standard InChI is InChI=1S/C40H45F2IN4O2S3/c1-7-49-37(48)25(2)20-26-10-8-11-27(21-26)40(5)17-9-16-39(3,4)24-50-19-15-30-29-14-18-47(52-43)34(29)23-33(42)35(30)51-28-12-13-32(41)31(22-28)36-44-38(40)45-46(36)6/h8,10-14,18,21-23,25H,7,9,15-17,19-20,24H2,1-6H3. The number of aryl methyl sites for hydroxylation is 2. The van der Waals surface area contributed by atoms with Crippen molar-refractivity contribution in [1.29, 1.82) is 0 Å². The van der Waals surface area contributed by atoms with Gasteiger partial charge in [-0.05, 0) is 97.4 Å². The van der Waals surface area contributed by atoms with Gasteiger partial charge in [0.1, 0.15) is 11.6 Å². The van der Waals surface area contributed by atoms with Gasteiger partial charge in [-0.2, -0.15) is 16.9 Å². The van der Waals surface area contributed by atoms with Crippen molar-refractivity contribution < 1.29 is 18.3 Å². The first kappa shape index (κ1) is 39.2. The highest BCUT2D eigenvalue weighted by molar-refractivity contribution is 14.2. The molecule has 6 nitrogen and oxygen atoms in total. The average molecular weight is 875 g/mol. The Morgan fingerprint density at radius 1 is 1.10 bits per heavy atom. The lowest BCUT2D eigenvalue weighted by Crippen LogP contribution is -2.27. The quantitative estimate of drug-likeness (QED) is 0.124. The molecular formula is C40H45F2IN4O2S3. The first-order valence-electron chi connectivity index (χ1n) is 17.7. The van der Waals surface area contributed by atoms with Crippen LogP contribution in [-0.4, -0.2) is 42.8 Å². The number of rotatable bonds is 6. The van der Waals surface area contributed by atoms with Crippen LogP contribution in [0.15, 0.2) is 70.6 Å². The fourth-order valence-corrected chi connectivity index (χ4v) is 10.7. The maximum absolute atomic E-state index is 16.1. The Morgan fingerprint density at radius 2 is 1.90 bits per heavy atom. The number of benzene rings is 3. The molecule has 2 atom stereocenters. The molecule has 0 N–H and O–H groups in total. The van der Waals surface area contributed by atoms with Crippen LogP contribution < -0.4 is 0 Å². The van der Waals surface area contributed by atoms with E-state index in [9.17, 15) is 4.79 Å². The van der Waals surface area contributed by atoms with E-state index < -0.39 is 11.2 Å². The van der Waals surface area contributed by atoms with Crippen molar-refractivity contribution in [2.24, 2.45) is 18.4 Å². The third kappa shape index (κ3) is 8.39. The summed E-state index contributed by atoms with van der Waals surface area (Å²) in [4.78, 5) is 18.9. The van der Waals surface area contributed by atoms with Gasteiger partial charge in [-0.15, -0.1) is 0 Å². The summed E-state index contributed by atoms with van der Waals surface area (Å²) in [5, 5.41) is 6.00. The number of fused-ring (bicyclic) bond motifs is 8. The Balaban J connectivity index is 1.44. The normalized spacial score (nSPS) is 18.7. The largest absolute Gasteiger partial charge is 0.466 e. The number of aromatic nitrogens is 4. The highest BCUT2D eigenvalue weighted by Gasteiger charge is 2.35. The predicted octanol–water partition coefficient (Wildman–Crippen LogP) is 11.2. The Labute approximate surface area is 330 Å². The summed E-state index contributed by atoms with van der Waals surface area (Å²) in [5.74, 6) is 1.69. The van der Waals surface area contributed by atoms with E-state index >= 15 is 8.78 Å². The summed E-state index contributed by atoms with van der Waals surface area (Å²) in [7, 11) is 3.32. The highest BCUT2D eigenvalue weighted by Crippen LogP contribution is 2.43. The van der Waals surface area contributed by atoms with Gasteiger partial charge in [-0.1, -0.05) is 63.2 Å². The molecule has 3 heterocycles. The van der Waals surface area contributed by atoms with E-state index in [0.717, 1.165) is 69.7 Å². The van der Waals surface area contributed by atoms with Gasteiger partial charge in [0.25, 0.3) is 0 Å². The molecule has 0 fully saturated rings. The smallest absolute Gasteiger partial charge is 0.308 e. The fraction of sp³-hybridized carbons (Fsp3) is 0.425. The van der Waals surface area contributed by atoms with Gasteiger partial charge in [0.2, 0.25) is 0 Å². The SMILES string of the molecule is CCOC(=O)C(C)Cc1cccc(C2(C)CCCC(C)(C)CSCCc3c(c(F)cc4c3ccn4SI)Sc3ccc(F)c(c3)-c3nc2nn3C)c1. The van der Waals surface area contributed by atoms with Crippen LogP contribution in [0, 0.1) is 23.0 Å². The highest BCUT2D eigenvalue weighted by atomic mass is 127. The van der Waals surface area contributed by atoms with Gasteiger partial charge < -0.3 is 4.74 Å². The Hall–Kier alpha value is -2.55. The molecule has 12 heteroatoms. The topological polar surface area (TPSA) is 61.9 Å². The molecule has 0 spiro atoms. The van der Waals surface area contributed by atoms with Crippen molar-refractivity contribution in [3.8, 4) is 11.4 Å². The molecule has 0 aliphatic carbocycles. The molecule has 1 aliphatic rings. The van der Waals surface area contributed by atoms with Crippen molar-refractivity contribution >= 4 is 70.7 Å². The van der Waals surface area contributed by atoms with Crippen molar-refractivity contribution in [3.05, 3.63) is 94.9 Å². The molecule has 52 heavy (non-hydrogen) atoms. The van der Waals surface area contributed by atoms with E-state index in [4.69, 9.17) is 14.8 Å². The van der Waals surface area contributed by atoms with Gasteiger partial charge in [-0.3, -0.25) is 8.77 Å². The lowest BCUT2D eigenvalue weighted by Gasteiger charge is -2.31. The minimum Gasteiger partial charge on any atom is -0.466 e. The molecule has 2 aromatic heterocycles.